The van der Waals surface area contributed by atoms with Crippen LogP contribution in [0.5, 0.6) is 0 Å². The van der Waals surface area contributed by atoms with Crippen LogP contribution >= 0.6 is 0 Å². The standard InChI is InChI=1S/C18H32N4O/c1-4-22(5-2)17(16-11-8-7-9-12-16)15-21-18(19)20-13-10-14-23-6-3/h7-9,11-12,17H,4-6,10,13-15H2,1-3H3,(H3,19,20,21). The molecule has 0 heterocycles. The molecule has 1 unspecified atom stereocenters. The first-order chi connectivity index (χ1) is 11.2. The fourth-order valence-corrected chi connectivity index (χ4v) is 2.55. The molecule has 1 atom stereocenters. The number of nitrogens with two attached hydrogens (primary N) is 1. The van der Waals surface area contributed by atoms with Gasteiger partial charge in [0.05, 0.1) is 12.6 Å². The number of rotatable bonds is 11. The zero-order valence-corrected chi connectivity index (χ0v) is 14.8. The van der Waals surface area contributed by atoms with Crippen molar-refractivity contribution in [3.63, 3.8) is 0 Å². The van der Waals surface area contributed by atoms with E-state index in [1.54, 1.807) is 0 Å². The van der Waals surface area contributed by atoms with Crippen LogP contribution in [0.15, 0.2) is 35.3 Å². The van der Waals surface area contributed by atoms with E-state index in [-0.39, 0.29) is 6.04 Å². The second-order valence-electron chi connectivity index (χ2n) is 5.35. The summed E-state index contributed by atoms with van der Waals surface area (Å²) in [5, 5.41) is 3.15. The van der Waals surface area contributed by atoms with Crippen LogP contribution in [0.25, 0.3) is 0 Å². The van der Waals surface area contributed by atoms with Crippen LogP contribution in [-0.4, -0.2) is 50.3 Å². The van der Waals surface area contributed by atoms with Gasteiger partial charge in [-0.3, -0.25) is 9.89 Å². The average molecular weight is 320 g/mol. The SMILES string of the molecule is CCOCCCNC(N)=NCC(c1ccccc1)N(CC)CC. The highest BCUT2D eigenvalue weighted by Gasteiger charge is 2.17. The molecule has 1 aromatic carbocycles. The van der Waals surface area contributed by atoms with Gasteiger partial charge in [-0.05, 0) is 32.0 Å². The largest absolute Gasteiger partial charge is 0.382 e. The van der Waals surface area contributed by atoms with Crippen LogP contribution < -0.4 is 11.1 Å². The zero-order valence-electron chi connectivity index (χ0n) is 14.8. The quantitative estimate of drug-likeness (QED) is 0.373. The molecule has 1 rings (SSSR count). The summed E-state index contributed by atoms with van der Waals surface area (Å²) in [5.41, 5.74) is 7.26. The van der Waals surface area contributed by atoms with Crippen LogP contribution in [-0.2, 0) is 4.74 Å². The molecule has 0 saturated carbocycles. The number of hydrogen-bond donors (Lipinski definition) is 2. The molecule has 5 heteroatoms. The topological polar surface area (TPSA) is 62.9 Å². The summed E-state index contributed by atoms with van der Waals surface area (Å²) < 4.78 is 5.30. The van der Waals surface area contributed by atoms with Crippen molar-refractivity contribution in [1.29, 1.82) is 0 Å². The van der Waals surface area contributed by atoms with Gasteiger partial charge in [-0.25, -0.2) is 0 Å². The van der Waals surface area contributed by atoms with E-state index in [0.29, 0.717) is 12.5 Å². The third kappa shape index (κ3) is 7.48. The van der Waals surface area contributed by atoms with E-state index >= 15 is 0 Å². The molecule has 0 bridgehead atoms. The Morgan fingerprint density at radius 2 is 1.91 bits per heavy atom. The molecule has 0 aliphatic carbocycles. The van der Waals surface area contributed by atoms with Crippen molar-refractivity contribution in [2.75, 3.05) is 39.4 Å². The van der Waals surface area contributed by atoms with Crippen molar-refractivity contribution in [2.24, 2.45) is 10.7 Å². The van der Waals surface area contributed by atoms with E-state index in [1.165, 1.54) is 5.56 Å². The van der Waals surface area contributed by atoms with Crippen molar-refractivity contribution in [2.45, 2.75) is 33.2 Å². The van der Waals surface area contributed by atoms with Gasteiger partial charge in [-0.2, -0.15) is 0 Å². The van der Waals surface area contributed by atoms with Crippen molar-refractivity contribution >= 4 is 5.96 Å². The Hall–Kier alpha value is -1.59. The molecule has 5 nitrogen and oxygen atoms in total. The molecule has 0 aliphatic rings. The Balaban J connectivity index is 2.58. The monoisotopic (exact) mass is 320 g/mol. The Morgan fingerprint density at radius 3 is 2.52 bits per heavy atom. The third-order valence-electron chi connectivity index (χ3n) is 3.85. The van der Waals surface area contributed by atoms with Crippen LogP contribution in [0.3, 0.4) is 0 Å². The van der Waals surface area contributed by atoms with Gasteiger partial charge in [0, 0.05) is 19.8 Å². The first-order valence-electron chi connectivity index (χ1n) is 8.63. The normalized spacial score (nSPS) is 13.3. The molecule has 0 aliphatic heterocycles. The number of aliphatic imine (C=N–C) groups is 1. The zero-order chi connectivity index (χ0) is 16.9. The van der Waals surface area contributed by atoms with Gasteiger partial charge in [0.1, 0.15) is 0 Å². The summed E-state index contributed by atoms with van der Waals surface area (Å²) in [7, 11) is 0. The molecule has 0 fully saturated rings. The second-order valence-corrected chi connectivity index (χ2v) is 5.35. The van der Waals surface area contributed by atoms with E-state index < -0.39 is 0 Å². The van der Waals surface area contributed by atoms with E-state index in [9.17, 15) is 0 Å². The van der Waals surface area contributed by atoms with Crippen molar-refractivity contribution < 1.29 is 4.74 Å². The van der Waals surface area contributed by atoms with Crippen molar-refractivity contribution in [3.8, 4) is 0 Å². The highest BCUT2D eigenvalue weighted by atomic mass is 16.5. The first-order valence-corrected chi connectivity index (χ1v) is 8.63. The summed E-state index contributed by atoms with van der Waals surface area (Å²) >= 11 is 0. The van der Waals surface area contributed by atoms with Crippen LogP contribution in [0.2, 0.25) is 0 Å². The van der Waals surface area contributed by atoms with Gasteiger partial charge in [0.25, 0.3) is 0 Å². The molecule has 3 N–H and O–H groups in total. The summed E-state index contributed by atoms with van der Waals surface area (Å²) in [6.45, 7) is 11.3. The maximum atomic E-state index is 5.98. The maximum absolute atomic E-state index is 5.98. The van der Waals surface area contributed by atoms with E-state index in [1.807, 2.05) is 13.0 Å². The molecule has 130 valence electrons. The van der Waals surface area contributed by atoms with Crippen LogP contribution in [0.4, 0.5) is 0 Å². The van der Waals surface area contributed by atoms with Gasteiger partial charge in [-0.15, -0.1) is 0 Å². The lowest BCUT2D eigenvalue weighted by molar-refractivity contribution is 0.145. The number of nitrogens with one attached hydrogen (secondary N) is 1. The number of ether oxygens (including phenoxy) is 1. The molecule has 1 aromatic rings. The smallest absolute Gasteiger partial charge is 0.188 e. The van der Waals surface area contributed by atoms with Gasteiger partial charge >= 0.3 is 0 Å². The number of nitrogens with zero attached hydrogens (tertiary/aromatic N) is 2. The summed E-state index contributed by atoms with van der Waals surface area (Å²) in [6.07, 6.45) is 0.933. The second kappa shape index (κ2) is 11.9. The highest BCUT2D eigenvalue weighted by Crippen LogP contribution is 2.20. The molecular weight excluding hydrogens is 288 g/mol. The lowest BCUT2D eigenvalue weighted by Crippen LogP contribution is -2.35. The Bertz CT molecular complexity index is 432. The molecule has 0 radical (unpaired) electrons. The first kappa shape index (κ1) is 19.5. The number of benzene rings is 1. The predicted octanol–water partition coefficient (Wildman–Crippen LogP) is 2.40. The molecule has 0 amide bonds. The predicted molar refractivity (Wildman–Crippen MR) is 97.7 cm³/mol. The summed E-state index contributed by atoms with van der Waals surface area (Å²) in [4.78, 5) is 6.94. The number of guanidine groups is 1. The molecular formula is C18H32N4O. The van der Waals surface area contributed by atoms with Crippen LogP contribution in [0.1, 0.15) is 38.8 Å². The number of likely N-dealkylation sites (N-methyl/N-ethyl adjacent to an activating group) is 1. The summed E-state index contributed by atoms with van der Waals surface area (Å²) in [5.74, 6) is 0.509. The van der Waals surface area contributed by atoms with Crippen LogP contribution in [0, 0.1) is 0 Å². The highest BCUT2D eigenvalue weighted by molar-refractivity contribution is 5.77. The van der Waals surface area contributed by atoms with Gasteiger partial charge in [-0.1, -0.05) is 44.2 Å². The summed E-state index contributed by atoms with van der Waals surface area (Å²) in [6, 6.07) is 10.8. The van der Waals surface area contributed by atoms with Gasteiger partial charge < -0.3 is 15.8 Å². The van der Waals surface area contributed by atoms with E-state index in [0.717, 1.165) is 39.3 Å². The fourth-order valence-electron chi connectivity index (χ4n) is 2.55. The number of hydrogen-bond acceptors (Lipinski definition) is 3. The van der Waals surface area contributed by atoms with E-state index in [4.69, 9.17) is 10.5 Å². The lowest BCUT2D eigenvalue weighted by Gasteiger charge is -2.29. The molecule has 0 saturated heterocycles. The van der Waals surface area contributed by atoms with Crippen molar-refractivity contribution in [1.82, 2.24) is 10.2 Å². The third-order valence-corrected chi connectivity index (χ3v) is 3.85. The lowest BCUT2D eigenvalue weighted by atomic mass is 10.1. The van der Waals surface area contributed by atoms with Gasteiger partial charge in [0.15, 0.2) is 5.96 Å². The molecule has 23 heavy (non-hydrogen) atoms. The van der Waals surface area contributed by atoms with Gasteiger partial charge in [0.2, 0.25) is 0 Å². The Kier molecular flexibility index (Phi) is 10.1. The van der Waals surface area contributed by atoms with Crippen molar-refractivity contribution in [3.05, 3.63) is 35.9 Å². The minimum absolute atomic E-state index is 0.259. The Morgan fingerprint density at radius 1 is 1.22 bits per heavy atom. The minimum atomic E-state index is 0.259. The fraction of sp³-hybridized carbons (Fsp3) is 0.611. The maximum Gasteiger partial charge on any atom is 0.188 e. The molecule has 0 spiro atoms. The van der Waals surface area contributed by atoms with E-state index in [2.05, 4.69) is 53.3 Å². The molecule has 0 aromatic heterocycles. The average Bonchev–Trinajstić information content (AvgIpc) is 2.59. The minimum Gasteiger partial charge on any atom is -0.382 e. The Labute approximate surface area is 140 Å².